The molecular weight excluding hydrogens is 480 g/mol. The molecule has 1 amide bonds. The summed E-state index contributed by atoms with van der Waals surface area (Å²) in [6.07, 6.45) is 0.960. The molecule has 0 spiro atoms. The monoisotopic (exact) mass is 525 g/mol. The molecular formula is C27H45F2N5O3. The van der Waals surface area contributed by atoms with Crippen LogP contribution in [0.25, 0.3) is 0 Å². The van der Waals surface area contributed by atoms with Crippen molar-refractivity contribution in [3.63, 3.8) is 0 Å². The summed E-state index contributed by atoms with van der Waals surface area (Å²) in [5.74, 6) is -3.05. The van der Waals surface area contributed by atoms with Gasteiger partial charge in [-0.3, -0.25) is 19.6 Å². The van der Waals surface area contributed by atoms with Crippen LogP contribution in [0.1, 0.15) is 52.8 Å². The number of piperazine rings is 1. The van der Waals surface area contributed by atoms with Crippen LogP contribution in [0.15, 0.2) is 12.3 Å². The normalized spacial score (nSPS) is 26.6. The quantitative estimate of drug-likeness (QED) is 0.560. The summed E-state index contributed by atoms with van der Waals surface area (Å²) in [5.41, 5.74) is 0.683. The van der Waals surface area contributed by atoms with Crippen molar-refractivity contribution in [2.45, 2.75) is 71.0 Å². The van der Waals surface area contributed by atoms with Crippen LogP contribution < -0.4 is 10.2 Å². The Labute approximate surface area is 220 Å². The predicted molar refractivity (Wildman–Crippen MR) is 141 cm³/mol. The van der Waals surface area contributed by atoms with E-state index < -0.39 is 11.3 Å². The minimum Gasteiger partial charge on any atom is -0.383 e. The summed E-state index contributed by atoms with van der Waals surface area (Å²) in [6, 6.07) is 2.06. The molecule has 0 unspecified atom stereocenters. The molecule has 0 saturated carbocycles. The maximum Gasteiger partial charge on any atom is 0.274 e. The standard InChI is InChI=1S/C26H41F2N5O3.CH4/c1-6-26(27,28)19-9-22-24(30-10-19)25(3,4)17-33(22)23(34)14-32-12-18(2)29-11-20(32)13-31-7-8-36-16-21(31)15-35-5;/h9-10,18,20-21,29H,6-8,11-17H2,1-5H3;1H4/t18-,20-,21-;/m1./s1. The van der Waals surface area contributed by atoms with E-state index in [9.17, 15) is 13.6 Å². The summed E-state index contributed by atoms with van der Waals surface area (Å²) in [7, 11) is 1.70. The zero-order valence-electron chi connectivity index (χ0n) is 22.2. The Morgan fingerprint density at radius 2 is 2.08 bits per heavy atom. The lowest BCUT2D eigenvalue weighted by atomic mass is 9.91. The SMILES string of the molecule is C.CCC(F)(F)c1cnc2c(c1)N(C(=O)CN1C[C@@H](C)NC[C@@H]1CN1CCOC[C@H]1COC)CC2(C)C. The van der Waals surface area contributed by atoms with E-state index in [2.05, 4.69) is 27.0 Å². The van der Waals surface area contributed by atoms with Gasteiger partial charge >= 0.3 is 0 Å². The van der Waals surface area contributed by atoms with Gasteiger partial charge in [-0.15, -0.1) is 0 Å². The topological polar surface area (TPSA) is 70.2 Å². The second-order valence-corrected chi connectivity index (χ2v) is 11.1. The number of morpholine rings is 1. The number of anilines is 1. The zero-order valence-corrected chi connectivity index (χ0v) is 22.2. The van der Waals surface area contributed by atoms with Gasteiger partial charge in [-0.1, -0.05) is 28.2 Å². The van der Waals surface area contributed by atoms with Crippen molar-refractivity contribution in [3.8, 4) is 0 Å². The highest BCUT2D eigenvalue weighted by molar-refractivity contribution is 5.97. The van der Waals surface area contributed by atoms with Crippen molar-refractivity contribution in [1.82, 2.24) is 20.1 Å². The molecule has 0 aromatic carbocycles. The Hall–Kier alpha value is -1.72. The van der Waals surface area contributed by atoms with E-state index in [0.717, 1.165) is 26.2 Å². The first kappa shape index (κ1) is 29.8. The molecule has 0 bridgehead atoms. The van der Waals surface area contributed by atoms with E-state index in [4.69, 9.17) is 9.47 Å². The van der Waals surface area contributed by atoms with Crippen molar-refractivity contribution >= 4 is 11.6 Å². The van der Waals surface area contributed by atoms with Gasteiger partial charge in [0.05, 0.1) is 43.8 Å². The number of hydrogen-bond donors (Lipinski definition) is 1. The van der Waals surface area contributed by atoms with Crippen LogP contribution in [-0.4, -0.2) is 105 Å². The van der Waals surface area contributed by atoms with Crippen molar-refractivity contribution in [1.29, 1.82) is 0 Å². The van der Waals surface area contributed by atoms with Crippen LogP contribution >= 0.6 is 0 Å². The number of carbonyl (C=O) groups is 1. The summed E-state index contributed by atoms with van der Waals surface area (Å²) < 4.78 is 40.0. The summed E-state index contributed by atoms with van der Waals surface area (Å²) in [6.45, 7) is 13.3. The van der Waals surface area contributed by atoms with Gasteiger partial charge in [-0.25, -0.2) is 8.78 Å². The maximum absolute atomic E-state index is 14.5. The number of fused-ring (bicyclic) bond motifs is 1. The summed E-state index contributed by atoms with van der Waals surface area (Å²) in [4.78, 5) is 24.4. The highest BCUT2D eigenvalue weighted by Crippen LogP contribution is 2.42. The van der Waals surface area contributed by atoms with Crippen LogP contribution in [0.3, 0.4) is 0 Å². The fourth-order valence-electron chi connectivity index (χ4n) is 5.57. The first-order valence-corrected chi connectivity index (χ1v) is 13.0. The number of alkyl halides is 2. The number of methoxy groups -OCH3 is 1. The minimum absolute atomic E-state index is 0. The van der Waals surface area contributed by atoms with Crippen LogP contribution in [0.2, 0.25) is 0 Å². The molecule has 37 heavy (non-hydrogen) atoms. The number of hydrogen-bond acceptors (Lipinski definition) is 7. The summed E-state index contributed by atoms with van der Waals surface area (Å²) >= 11 is 0. The number of rotatable bonds is 8. The van der Waals surface area contributed by atoms with Gasteiger partial charge in [0.25, 0.3) is 5.92 Å². The van der Waals surface area contributed by atoms with Gasteiger partial charge in [0, 0.05) is 75.5 Å². The van der Waals surface area contributed by atoms with Crippen molar-refractivity contribution in [3.05, 3.63) is 23.5 Å². The zero-order chi connectivity index (χ0) is 26.1. The molecule has 3 aliphatic rings. The number of nitrogens with zero attached hydrogens (tertiary/aromatic N) is 4. The fourth-order valence-corrected chi connectivity index (χ4v) is 5.57. The predicted octanol–water partition coefficient (Wildman–Crippen LogP) is 2.85. The average molecular weight is 526 g/mol. The number of nitrogens with one attached hydrogen (secondary N) is 1. The third-order valence-electron chi connectivity index (χ3n) is 7.74. The van der Waals surface area contributed by atoms with Crippen molar-refractivity contribution in [2.75, 3.05) is 71.1 Å². The lowest BCUT2D eigenvalue weighted by Crippen LogP contribution is -2.62. The van der Waals surface area contributed by atoms with E-state index in [0.29, 0.717) is 37.7 Å². The lowest BCUT2D eigenvalue weighted by Gasteiger charge is -2.44. The Bertz CT molecular complexity index is 929. The van der Waals surface area contributed by atoms with Crippen molar-refractivity contribution < 1.29 is 23.0 Å². The average Bonchev–Trinajstić information content (AvgIpc) is 3.12. The Morgan fingerprint density at radius 3 is 2.78 bits per heavy atom. The molecule has 4 heterocycles. The molecule has 2 saturated heterocycles. The number of carbonyl (C=O) groups excluding carboxylic acids is 1. The van der Waals surface area contributed by atoms with Gasteiger partial charge in [0.2, 0.25) is 5.91 Å². The molecule has 2 fully saturated rings. The van der Waals surface area contributed by atoms with E-state index in [1.54, 1.807) is 12.0 Å². The number of ether oxygens (including phenoxy) is 2. The molecule has 0 radical (unpaired) electrons. The smallest absolute Gasteiger partial charge is 0.274 e. The van der Waals surface area contributed by atoms with Crippen LogP contribution in [-0.2, 0) is 25.6 Å². The largest absolute Gasteiger partial charge is 0.383 e. The Morgan fingerprint density at radius 1 is 1.32 bits per heavy atom. The van der Waals surface area contributed by atoms with Crippen LogP contribution in [0, 0.1) is 0 Å². The molecule has 3 aliphatic heterocycles. The highest BCUT2D eigenvalue weighted by atomic mass is 19.3. The second kappa shape index (κ2) is 12.0. The highest BCUT2D eigenvalue weighted by Gasteiger charge is 2.42. The van der Waals surface area contributed by atoms with Crippen LogP contribution in [0.4, 0.5) is 14.5 Å². The molecule has 8 nitrogen and oxygen atoms in total. The van der Waals surface area contributed by atoms with Gasteiger partial charge in [0.1, 0.15) is 0 Å². The number of halogens is 2. The molecule has 1 aromatic heterocycles. The van der Waals surface area contributed by atoms with Gasteiger partial charge in [0.15, 0.2) is 0 Å². The minimum atomic E-state index is -2.97. The summed E-state index contributed by atoms with van der Waals surface area (Å²) in [5, 5.41) is 3.55. The van der Waals surface area contributed by atoms with Gasteiger partial charge in [-0.05, 0) is 13.0 Å². The molecule has 1 N–H and O–H groups in total. The molecule has 210 valence electrons. The fraction of sp³-hybridized carbons (Fsp3) is 0.778. The Kier molecular flexibility index (Phi) is 9.66. The number of aromatic nitrogens is 1. The third-order valence-corrected chi connectivity index (χ3v) is 7.74. The molecule has 1 aromatic rings. The Balaban J connectivity index is 0.00000380. The first-order chi connectivity index (χ1) is 17.1. The number of pyridine rings is 1. The van der Waals surface area contributed by atoms with Gasteiger partial charge < -0.3 is 19.7 Å². The van der Waals surface area contributed by atoms with Crippen molar-refractivity contribution in [2.24, 2.45) is 0 Å². The van der Waals surface area contributed by atoms with E-state index in [1.807, 2.05) is 13.8 Å². The molecule has 10 heteroatoms. The second-order valence-electron chi connectivity index (χ2n) is 11.1. The first-order valence-electron chi connectivity index (χ1n) is 13.0. The molecule has 4 rings (SSSR count). The molecule has 3 atom stereocenters. The van der Waals surface area contributed by atoms with E-state index in [-0.39, 0.29) is 50.0 Å². The number of amides is 1. The van der Waals surface area contributed by atoms with Crippen LogP contribution in [0.5, 0.6) is 0 Å². The lowest BCUT2D eigenvalue weighted by molar-refractivity contribution is -0.121. The maximum atomic E-state index is 14.5. The molecule has 0 aliphatic carbocycles. The van der Waals surface area contributed by atoms with E-state index in [1.165, 1.54) is 19.2 Å². The van der Waals surface area contributed by atoms with E-state index >= 15 is 0 Å². The third kappa shape index (κ3) is 6.47. The van der Waals surface area contributed by atoms with Gasteiger partial charge in [-0.2, -0.15) is 0 Å².